The van der Waals surface area contributed by atoms with E-state index < -0.39 is 0 Å². The largest absolute Gasteiger partial charge is 0.404 e. The van der Waals surface area contributed by atoms with Crippen molar-refractivity contribution in [2.24, 2.45) is 5.73 Å². The van der Waals surface area contributed by atoms with Crippen molar-refractivity contribution >= 4 is 21.7 Å². The van der Waals surface area contributed by atoms with Gasteiger partial charge in [-0.2, -0.15) is 0 Å². The zero-order valence-corrected chi connectivity index (χ0v) is 7.91. The van der Waals surface area contributed by atoms with Crippen LogP contribution in [0.25, 0.3) is 0 Å². The van der Waals surface area contributed by atoms with Crippen molar-refractivity contribution in [2.75, 3.05) is 0 Å². The molecule has 0 spiro atoms. The van der Waals surface area contributed by atoms with Gasteiger partial charge in [-0.15, -0.1) is 0 Å². The molecule has 0 aromatic heterocycles. The van der Waals surface area contributed by atoms with Crippen LogP contribution in [0, 0.1) is 0 Å². The number of hydrogen-bond donors (Lipinski definition) is 1. The van der Waals surface area contributed by atoms with Gasteiger partial charge in [-0.1, -0.05) is 30.3 Å². The van der Waals surface area contributed by atoms with Crippen molar-refractivity contribution in [3.05, 3.63) is 46.6 Å². The highest BCUT2D eigenvalue weighted by atomic mass is 79.9. The van der Waals surface area contributed by atoms with Gasteiger partial charge in [-0.25, -0.2) is 0 Å². The summed E-state index contributed by atoms with van der Waals surface area (Å²) in [5, 5.41) is 0. The Kier molecular flexibility index (Phi) is 3.05. The SMILES string of the molecule is N/C=C(/Br)C(=O)c1ccccc1. The quantitative estimate of drug-likeness (QED) is 0.619. The number of rotatable bonds is 2. The number of carbonyl (C=O) groups is 1. The number of carbonyl (C=O) groups excluding carboxylic acids is 1. The third kappa shape index (κ3) is 1.95. The number of allylic oxidation sites excluding steroid dienone is 1. The maximum atomic E-state index is 11.4. The summed E-state index contributed by atoms with van der Waals surface area (Å²) in [7, 11) is 0. The number of benzene rings is 1. The van der Waals surface area contributed by atoms with Crippen LogP contribution in [-0.4, -0.2) is 5.78 Å². The fourth-order valence-corrected chi connectivity index (χ4v) is 1.03. The van der Waals surface area contributed by atoms with Crippen LogP contribution in [0.15, 0.2) is 41.0 Å². The van der Waals surface area contributed by atoms with Crippen LogP contribution in [0.5, 0.6) is 0 Å². The Morgan fingerprint density at radius 1 is 1.33 bits per heavy atom. The molecule has 0 heterocycles. The average Bonchev–Trinajstić information content (AvgIpc) is 2.17. The summed E-state index contributed by atoms with van der Waals surface area (Å²) in [4.78, 5) is 11.4. The molecule has 0 unspecified atom stereocenters. The monoisotopic (exact) mass is 225 g/mol. The van der Waals surface area contributed by atoms with Gasteiger partial charge >= 0.3 is 0 Å². The van der Waals surface area contributed by atoms with E-state index in [1.54, 1.807) is 12.1 Å². The molecule has 2 nitrogen and oxygen atoms in total. The molecule has 0 aliphatic rings. The van der Waals surface area contributed by atoms with Crippen molar-refractivity contribution in [1.29, 1.82) is 0 Å². The van der Waals surface area contributed by atoms with E-state index in [1.807, 2.05) is 18.2 Å². The van der Waals surface area contributed by atoms with Crippen molar-refractivity contribution in [2.45, 2.75) is 0 Å². The summed E-state index contributed by atoms with van der Waals surface area (Å²) in [5.74, 6) is -0.0990. The highest BCUT2D eigenvalue weighted by molar-refractivity contribution is 9.12. The van der Waals surface area contributed by atoms with Crippen LogP contribution in [0.4, 0.5) is 0 Å². The van der Waals surface area contributed by atoms with Gasteiger partial charge in [0.2, 0.25) is 5.78 Å². The van der Waals surface area contributed by atoms with E-state index in [9.17, 15) is 4.79 Å². The zero-order chi connectivity index (χ0) is 8.97. The molecular formula is C9H8BrNO. The second-order valence-corrected chi connectivity index (χ2v) is 3.06. The van der Waals surface area contributed by atoms with Gasteiger partial charge in [0.05, 0.1) is 4.48 Å². The molecular weight excluding hydrogens is 218 g/mol. The van der Waals surface area contributed by atoms with E-state index in [-0.39, 0.29) is 5.78 Å². The molecule has 0 bridgehead atoms. The second kappa shape index (κ2) is 4.07. The van der Waals surface area contributed by atoms with E-state index >= 15 is 0 Å². The molecule has 0 atom stereocenters. The standard InChI is InChI=1S/C9H8BrNO/c10-8(6-11)9(12)7-4-2-1-3-5-7/h1-6H,11H2/b8-6+. The number of nitrogens with two attached hydrogens (primary N) is 1. The molecule has 0 saturated heterocycles. The molecule has 0 aliphatic heterocycles. The Bertz CT molecular complexity index is 306. The van der Waals surface area contributed by atoms with E-state index in [1.165, 1.54) is 6.20 Å². The normalized spacial score (nSPS) is 11.2. The molecule has 0 aliphatic carbocycles. The van der Waals surface area contributed by atoms with E-state index in [4.69, 9.17) is 5.73 Å². The van der Waals surface area contributed by atoms with Gasteiger partial charge in [-0.05, 0) is 15.9 Å². The first-order chi connectivity index (χ1) is 5.75. The van der Waals surface area contributed by atoms with Crippen molar-refractivity contribution in [3.8, 4) is 0 Å². The number of halogens is 1. The van der Waals surface area contributed by atoms with Crippen LogP contribution in [0.2, 0.25) is 0 Å². The third-order valence-electron chi connectivity index (χ3n) is 1.40. The Labute approximate surface area is 79.2 Å². The molecule has 0 radical (unpaired) electrons. The lowest BCUT2D eigenvalue weighted by molar-refractivity contribution is 0.104. The molecule has 1 aromatic carbocycles. The predicted molar refractivity (Wildman–Crippen MR) is 52.0 cm³/mol. The van der Waals surface area contributed by atoms with Crippen molar-refractivity contribution in [3.63, 3.8) is 0 Å². The first-order valence-electron chi connectivity index (χ1n) is 3.43. The lowest BCUT2D eigenvalue weighted by Gasteiger charge is -1.96. The van der Waals surface area contributed by atoms with Gasteiger partial charge in [0, 0.05) is 11.8 Å². The summed E-state index contributed by atoms with van der Waals surface area (Å²) < 4.78 is 0.383. The third-order valence-corrected chi connectivity index (χ3v) is 2.02. The Balaban J connectivity index is 2.94. The fourth-order valence-electron chi connectivity index (χ4n) is 0.803. The summed E-state index contributed by atoms with van der Waals surface area (Å²) in [6.45, 7) is 0. The Morgan fingerprint density at radius 2 is 1.92 bits per heavy atom. The lowest BCUT2D eigenvalue weighted by Crippen LogP contribution is -1.99. The average molecular weight is 226 g/mol. The summed E-state index contributed by atoms with van der Waals surface area (Å²) >= 11 is 3.07. The minimum absolute atomic E-state index is 0.0990. The van der Waals surface area contributed by atoms with Gasteiger partial charge in [0.1, 0.15) is 0 Å². The maximum Gasteiger partial charge on any atom is 0.201 e. The predicted octanol–water partition coefficient (Wildman–Crippen LogP) is 2.06. The van der Waals surface area contributed by atoms with Crippen molar-refractivity contribution < 1.29 is 4.79 Å². The van der Waals surface area contributed by atoms with Gasteiger partial charge in [-0.3, -0.25) is 4.79 Å². The van der Waals surface area contributed by atoms with Gasteiger partial charge in [0.15, 0.2) is 0 Å². The Morgan fingerprint density at radius 3 is 2.42 bits per heavy atom. The minimum atomic E-state index is -0.0990. The van der Waals surface area contributed by atoms with E-state index in [2.05, 4.69) is 15.9 Å². The molecule has 1 rings (SSSR count). The van der Waals surface area contributed by atoms with Crippen LogP contribution in [0.3, 0.4) is 0 Å². The Hall–Kier alpha value is -1.09. The second-order valence-electron chi connectivity index (χ2n) is 2.21. The van der Waals surface area contributed by atoms with Crippen LogP contribution in [-0.2, 0) is 0 Å². The number of ketones is 1. The number of Topliss-reactive ketones (excluding diaryl/α,β-unsaturated/α-hetero) is 1. The summed E-state index contributed by atoms with van der Waals surface area (Å²) in [6.07, 6.45) is 1.25. The molecule has 1 aromatic rings. The molecule has 2 N–H and O–H groups in total. The first kappa shape index (κ1) is 9.00. The fraction of sp³-hybridized carbons (Fsp3) is 0. The van der Waals surface area contributed by atoms with Crippen molar-refractivity contribution in [1.82, 2.24) is 0 Å². The zero-order valence-electron chi connectivity index (χ0n) is 6.33. The number of hydrogen-bond acceptors (Lipinski definition) is 2. The maximum absolute atomic E-state index is 11.4. The van der Waals surface area contributed by atoms with E-state index in [0.717, 1.165) is 0 Å². The minimum Gasteiger partial charge on any atom is -0.404 e. The molecule has 0 amide bonds. The van der Waals surface area contributed by atoms with Crippen LogP contribution < -0.4 is 5.73 Å². The summed E-state index contributed by atoms with van der Waals surface area (Å²) in [6, 6.07) is 8.96. The van der Waals surface area contributed by atoms with Crippen LogP contribution in [0.1, 0.15) is 10.4 Å². The van der Waals surface area contributed by atoms with Gasteiger partial charge in [0.25, 0.3) is 0 Å². The molecule has 62 valence electrons. The van der Waals surface area contributed by atoms with Gasteiger partial charge < -0.3 is 5.73 Å². The van der Waals surface area contributed by atoms with Crippen LogP contribution >= 0.6 is 15.9 Å². The smallest absolute Gasteiger partial charge is 0.201 e. The summed E-state index contributed by atoms with van der Waals surface area (Å²) in [5.41, 5.74) is 5.81. The molecule has 0 saturated carbocycles. The topological polar surface area (TPSA) is 43.1 Å². The molecule has 12 heavy (non-hydrogen) atoms. The highest BCUT2D eigenvalue weighted by Gasteiger charge is 2.06. The molecule has 0 fully saturated rings. The first-order valence-corrected chi connectivity index (χ1v) is 4.22. The molecule has 3 heteroatoms. The highest BCUT2D eigenvalue weighted by Crippen LogP contribution is 2.11. The lowest BCUT2D eigenvalue weighted by atomic mass is 10.1. The van der Waals surface area contributed by atoms with E-state index in [0.29, 0.717) is 10.0 Å².